The van der Waals surface area contributed by atoms with E-state index in [2.05, 4.69) is 31.2 Å². The van der Waals surface area contributed by atoms with Crippen LogP contribution in [0.15, 0.2) is 0 Å². The van der Waals surface area contributed by atoms with Gasteiger partial charge in [-0.3, -0.25) is 4.68 Å². The third-order valence-corrected chi connectivity index (χ3v) is 3.65. The van der Waals surface area contributed by atoms with Crippen LogP contribution < -0.4 is 5.32 Å². The van der Waals surface area contributed by atoms with Gasteiger partial charge in [0.1, 0.15) is 0 Å². The van der Waals surface area contributed by atoms with Crippen LogP contribution in [0, 0.1) is 0 Å². The molecule has 17 heavy (non-hydrogen) atoms. The van der Waals surface area contributed by atoms with Gasteiger partial charge in [0.05, 0.1) is 16.4 Å². The van der Waals surface area contributed by atoms with E-state index in [-0.39, 0.29) is 0 Å². The van der Waals surface area contributed by atoms with Crippen LogP contribution in [0.5, 0.6) is 0 Å². The molecular formula is C13H24ClN3. The van der Waals surface area contributed by atoms with Gasteiger partial charge in [0.2, 0.25) is 0 Å². The Morgan fingerprint density at radius 1 is 1.35 bits per heavy atom. The molecule has 0 saturated carbocycles. The predicted octanol–water partition coefficient (Wildman–Crippen LogP) is 2.96. The molecular weight excluding hydrogens is 234 g/mol. The first-order valence-electron chi connectivity index (χ1n) is 6.57. The lowest BCUT2D eigenvalue weighted by atomic mass is 10.1. The van der Waals surface area contributed by atoms with Gasteiger partial charge in [-0.1, -0.05) is 32.4 Å². The maximum Gasteiger partial charge on any atom is 0.0849 e. The molecule has 98 valence electrons. The second-order valence-electron chi connectivity index (χ2n) is 4.39. The van der Waals surface area contributed by atoms with Gasteiger partial charge in [0.15, 0.2) is 0 Å². The van der Waals surface area contributed by atoms with Crippen LogP contribution in [0.2, 0.25) is 5.02 Å². The van der Waals surface area contributed by atoms with Gasteiger partial charge in [-0.15, -0.1) is 0 Å². The zero-order valence-electron chi connectivity index (χ0n) is 11.4. The van der Waals surface area contributed by atoms with E-state index in [1.54, 1.807) is 0 Å². The SMILES string of the molecule is CCNC(CC)CCc1c(Cl)c(CC)nn1C. The number of nitrogens with zero attached hydrogens (tertiary/aromatic N) is 2. The molecule has 1 rings (SSSR count). The van der Waals surface area contributed by atoms with Gasteiger partial charge < -0.3 is 5.32 Å². The highest BCUT2D eigenvalue weighted by molar-refractivity contribution is 6.31. The van der Waals surface area contributed by atoms with E-state index in [0.717, 1.165) is 42.9 Å². The molecule has 0 amide bonds. The maximum absolute atomic E-state index is 6.33. The van der Waals surface area contributed by atoms with E-state index < -0.39 is 0 Å². The first-order chi connectivity index (χ1) is 8.13. The first kappa shape index (κ1) is 14.5. The van der Waals surface area contributed by atoms with E-state index in [9.17, 15) is 0 Å². The smallest absolute Gasteiger partial charge is 0.0849 e. The van der Waals surface area contributed by atoms with Gasteiger partial charge in [-0.05, 0) is 32.2 Å². The van der Waals surface area contributed by atoms with Gasteiger partial charge in [-0.25, -0.2) is 0 Å². The third-order valence-electron chi connectivity index (χ3n) is 3.22. The maximum atomic E-state index is 6.33. The van der Waals surface area contributed by atoms with E-state index in [4.69, 9.17) is 11.6 Å². The molecule has 0 fully saturated rings. The second kappa shape index (κ2) is 7.02. The molecule has 1 atom stereocenters. The van der Waals surface area contributed by atoms with Crippen molar-refractivity contribution in [2.45, 2.75) is 52.5 Å². The summed E-state index contributed by atoms with van der Waals surface area (Å²) in [7, 11) is 1.98. The Bertz CT molecular complexity index is 347. The van der Waals surface area contributed by atoms with E-state index in [0.29, 0.717) is 6.04 Å². The summed E-state index contributed by atoms with van der Waals surface area (Å²) in [5, 5.41) is 8.79. The van der Waals surface area contributed by atoms with Crippen LogP contribution in [-0.4, -0.2) is 22.4 Å². The zero-order chi connectivity index (χ0) is 12.8. The fourth-order valence-electron chi connectivity index (χ4n) is 2.14. The van der Waals surface area contributed by atoms with Crippen LogP contribution in [-0.2, 0) is 19.9 Å². The van der Waals surface area contributed by atoms with Crippen molar-refractivity contribution < 1.29 is 0 Å². The van der Waals surface area contributed by atoms with Crippen molar-refractivity contribution in [3.05, 3.63) is 16.4 Å². The molecule has 0 aliphatic carbocycles. The summed E-state index contributed by atoms with van der Waals surface area (Å²) >= 11 is 6.33. The van der Waals surface area contributed by atoms with Gasteiger partial charge in [-0.2, -0.15) is 5.10 Å². The quantitative estimate of drug-likeness (QED) is 0.814. The lowest BCUT2D eigenvalue weighted by molar-refractivity contribution is 0.474. The Kier molecular flexibility index (Phi) is 6.00. The Morgan fingerprint density at radius 3 is 2.53 bits per heavy atom. The number of hydrogen-bond acceptors (Lipinski definition) is 2. The van der Waals surface area contributed by atoms with Gasteiger partial charge in [0.25, 0.3) is 0 Å². The van der Waals surface area contributed by atoms with Gasteiger partial charge >= 0.3 is 0 Å². The fourth-order valence-corrected chi connectivity index (χ4v) is 2.53. The number of nitrogens with one attached hydrogen (secondary N) is 1. The first-order valence-corrected chi connectivity index (χ1v) is 6.95. The molecule has 1 unspecified atom stereocenters. The monoisotopic (exact) mass is 257 g/mol. The predicted molar refractivity (Wildman–Crippen MR) is 73.7 cm³/mol. The molecule has 0 radical (unpaired) electrons. The van der Waals surface area contributed by atoms with Crippen molar-refractivity contribution in [1.29, 1.82) is 0 Å². The number of rotatable bonds is 7. The lowest BCUT2D eigenvalue weighted by Gasteiger charge is -2.15. The molecule has 0 bridgehead atoms. The highest BCUT2D eigenvalue weighted by atomic mass is 35.5. The molecule has 0 aliphatic rings. The number of aromatic nitrogens is 2. The largest absolute Gasteiger partial charge is 0.314 e. The summed E-state index contributed by atoms with van der Waals surface area (Å²) in [5.41, 5.74) is 2.18. The minimum absolute atomic E-state index is 0.580. The van der Waals surface area contributed by atoms with Crippen molar-refractivity contribution in [3.8, 4) is 0 Å². The van der Waals surface area contributed by atoms with E-state index in [1.165, 1.54) is 5.69 Å². The molecule has 0 spiro atoms. The summed E-state index contributed by atoms with van der Waals surface area (Å²) in [6.45, 7) is 7.48. The topological polar surface area (TPSA) is 29.9 Å². The molecule has 1 heterocycles. The summed E-state index contributed by atoms with van der Waals surface area (Å²) in [6.07, 6.45) is 4.17. The Balaban J connectivity index is 2.65. The van der Waals surface area contributed by atoms with Crippen molar-refractivity contribution in [1.82, 2.24) is 15.1 Å². The highest BCUT2D eigenvalue weighted by Gasteiger charge is 2.14. The zero-order valence-corrected chi connectivity index (χ0v) is 12.1. The second-order valence-corrected chi connectivity index (χ2v) is 4.76. The average molecular weight is 258 g/mol. The van der Waals surface area contributed by atoms with E-state index >= 15 is 0 Å². The van der Waals surface area contributed by atoms with Crippen LogP contribution in [0.4, 0.5) is 0 Å². The third kappa shape index (κ3) is 3.71. The van der Waals surface area contributed by atoms with Crippen LogP contribution in [0.3, 0.4) is 0 Å². The molecule has 0 aliphatic heterocycles. The van der Waals surface area contributed by atoms with Gasteiger partial charge in [0, 0.05) is 13.1 Å². The Labute approximate surface area is 110 Å². The van der Waals surface area contributed by atoms with Crippen LogP contribution in [0.25, 0.3) is 0 Å². The summed E-state index contributed by atoms with van der Waals surface area (Å²) < 4.78 is 1.93. The Morgan fingerprint density at radius 2 is 2.06 bits per heavy atom. The molecule has 4 heteroatoms. The molecule has 1 N–H and O–H groups in total. The standard InChI is InChI=1S/C13H24ClN3/c1-5-10(15-7-3)8-9-12-13(14)11(6-2)16-17(12)4/h10,15H,5-9H2,1-4H3. The van der Waals surface area contributed by atoms with Crippen molar-refractivity contribution in [2.24, 2.45) is 7.05 Å². The van der Waals surface area contributed by atoms with E-state index in [1.807, 2.05) is 11.7 Å². The van der Waals surface area contributed by atoms with Crippen molar-refractivity contribution in [2.75, 3.05) is 6.54 Å². The number of halogens is 1. The summed E-state index contributed by atoms with van der Waals surface area (Å²) in [5.74, 6) is 0. The number of hydrogen-bond donors (Lipinski definition) is 1. The molecule has 0 aromatic carbocycles. The lowest BCUT2D eigenvalue weighted by Crippen LogP contribution is -2.28. The number of aryl methyl sites for hydroxylation is 2. The summed E-state index contributed by atoms with van der Waals surface area (Å²) in [4.78, 5) is 0. The minimum atomic E-state index is 0.580. The fraction of sp³-hybridized carbons (Fsp3) is 0.769. The Hall–Kier alpha value is -0.540. The van der Waals surface area contributed by atoms with Crippen molar-refractivity contribution >= 4 is 11.6 Å². The highest BCUT2D eigenvalue weighted by Crippen LogP contribution is 2.22. The molecule has 0 saturated heterocycles. The molecule has 1 aromatic heterocycles. The van der Waals surface area contributed by atoms with Crippen molar-refractivity contribution in [3.63, 3.8) is 0 Å². The average Bonchev–Trinajstić information content (AvgIpc) is 2.60. The molecule has 3 nitrogen and oxygen atoms in total. The summed E-state index contributed by atoms with van der Waals surface area (Å²) in [6, 6.07) is 0.580. The van der Waals surface area contributed by atoms with Crippen LogP contribution in [0.1, 0.15) is 45.0 Å². The molecule has 1 aromatic rings. The minimum Gasteiger partial charge on any atom is -0.314 e. The normalized spacial score (nSPS) is 13.0. The van der Waals surface area contributed by atoms with Crippen LogP contribution >= 0.6 is 11.6 Å².